The van der Waals surface area contributed by atoms with Crippen molar-refractivity contribution in [2.45, 2.75) is 45.1 Å². The zero-order valence-corrected chi connectivity index (χ0v) is 11.9. The lowest BCUT2D eigenvalue weighted by atomic mass is 9.97. The van der Waals surface area contributed by atoms with Crippen molar-refractivity contribution in [1.82, 2.24) is 9.88 Å². The van der Waals surface area contributed by atoms with Crippen LogP contribution in [-0.4, -0.2) is 35.4 Å². The Labute approximate surface area is 115 Å². The SMILES string of the molecule is CNc1cccc(CC[C@@H]2CCCCN2C(C)=O)n1. The van der Waals surface area contributed by atoms with Gasteiger partial charge in [0.05, 0.1) is 0 Å². The Morgan fingerprint density at radius 1 is 1.47 bits per heavy atom. The Kier molecular flexibility index (Phi) is 4.77. The van der Waals surface area contributed by atoms with E-state index < -0.39 is 0 Å². The van der Waals surface area contributed by atoms with E-state index in [4.69, 9.17) is 0 Å². The van der Waals surface area contributed by atoms with Gasteiger partial charge in [0, 0.05) is 32.3 Å². The summed E-state index contributed by atoms with van der Waals surface area (Å²) in [4.78, 5) is 18.2. The van der Waals surface area contributed by atoms with Crippen LogP contribution in [0.2, 0.25) is 0 Å². The van der Waals surface area contributed by atoms with Crippen LogP contribution in [0, 0.1) is 0 Å². The molecule has 4 heteroatoms. The lowest BCUT2D eigenvalue weighted by Gasteiger charge is -2.35. The van der Waals surface area contributed by atoms with Crippen LogP contribution in [0.5, 0.6) is 0 Å². The van der Waals surface area contributed by atoms with Crippen LogP contribution in [-0.2, 0) is 11.2 Å². The highest BCUT2D eigenvalue weighted by atomic mass is 16.2. The number of aryl methyl sites for hydroxylation is 1. The highest BCUT2D eigenvalue weighted by Gasteiger charge is 2.23. The molecule has 0 saturated carbocycles. The first-order chi connectivity index (χ1) is 9.20. The third kappa shape index (κ3) is 3.69. The fraction of sp³-hybridized carbons (Fsp3) is 0.600. The van der Waals surface area contributed by atoms with Crippen molar-refractivity contribution in [2.75, 3.05) is 18.9 Å². The molecule has 0 aliphatic carbocycles. The molecule has 1 fully saturated rings. The molecule has 0 radical (unpaired) electrons. The molecule has 1 amide bonds. The smallest absolute Gasteiger partial charge is 0.219 e. The lowest BCUT2D eigenvalue weighted by molar-refractivity contribution is -0.132. The van der Waals surface area contributed by atoms with Gasteiger partial charge in [0.25, 0.3) is 0 Å². The molecule has 4 nitrogen and oxygen atoms in total. The maximum Gasteiger partial charge on any atom is 0.219 e. The van der Waals surface area contributed by atoms with E-state index >= 15 is 0 Å². The fourth-order valence-electron chi connectivity index (χ4n) is 2.79. The van der Waals surface area contributed by atoms with Gasteiger partial charge in [-0.3, -0.25) is 4.79 Å². The molecule has 0 spiro atoms. The highest BCUT2D eigenvalue weighted by Crippen LogP contribution is 2.21. The molecular formula is C15H23N3O. The van der Waals surface area contributed by atoms with Crippen LogP contribution >= 0.6 is 0 Å². The van der Waals surface area contributed by atoms with Crippen LogP contribution in [0.1, 0.15) is 38.3 Å². The van der Waals surface area contributed by atoms with Crippen LogP contribution in [0.15, 0.2) is 18.2 Å². The summed E-state index contributed by atoms with van der Waals surface area (Å²) >= 11 is 0. The molecule has 1 aromatic rings. The van der Waals surface area contributed by atoms with Gasteiger partial charge in [-0.25, -0.2) is 4.98 Å². The zero-order valence-electron chi connectivity index (χ0n) is 11.9. The van der Waals surface area contributed by atoms with Crippen LogP contribution in [0.25, 0.3) is 0 Å². The van der Waals surface area contributed by atoms with Crippen LogP contribution in [0.4, 0.5) is 5.82 Å². The third-order valence-electron chi connectivity index (χ3n) is 3.83. The van der Waals surface area contributed by atoms with E-state index in [2.05, 4.69) is 16.4 Å². The van der Waals surface area contributed by atoms with Gasteiger partial charge in [0.15, 0.2) is 0 Å². The van der Waals surface area contributed by atoms with Gasteiger partial charge >= 0.3 is 0 Å². The number of carbonyl (C=O) groups is 1. The molecule has 0 aromatic carbocycles. The van der Waals surface area contributed by atoms with E-state index in [0.717, 1.165) is 43.7 Å². The first-order valence-electron chi connectivity index (χ1n) is 7.11. The van der Waals surface area contributed by atoms with Gasteiger partial charge in [-0.1, -0.05) is 6.07 Å². The number of nitrogens with one attached hydrogen (secondary N) is 1. The Morgan fingerprint density at radius 2 is 2.32 bits per heavy atom. The molecule has 1 aliphatic rings. The molecule has 1 N–H and O–H groups in total. The predicted octanol–water partition coefficient (Wildman–Crippen LogP) is 2.46. The molecule has 104 valence electrons. The van der Waals surface area contributed by atoms with Gasteiger partial charge in [-0.15, -0.1) is 0 Å². The average molecular weight is 261 g/mol. The lowest BCUT2D eigenvalue weighted by Crippen LogP contribution is -2.42. The number of hydrogen-bond acceptors (Lipinski definition) is 3. The molecule has 1 atom stereocenters. The third-order valence-corrected chi connectivity index (χ3v) is 3.83. The molecule has 1 aliphatic heterocycles. The van der Waals surface area contributed by atoms with E-state index in [0.29, 0.717) is 6.04 Å². The van der Waals surface area contributed by atoms with Gasteiger partial charge in [-0.05, 0) is 44.2 Å². The predicted molar refractivity (Wildman–Crippen MR) is 77.1 cm³/mol. The summed E-state index contributed by atoms with van der Waals surface area (Å²) in [6.07, 6.45) is 5.46. The summed E-state index contributed by atoms with van der Waals surface area (Å²) < 4.78 is 0. The van der Waals surface area contributed by atoms with Gasteiger partial charge in [0.2, 0.25) is 5.91 Å². The number of anilines is 1. The number of nitrogens with zero attached hydrogens (tertiary/aromatic N) is 2. The van der Waals surface area contributed by atoms with Crippen molar-refractivity contribution in [2.24, 2.45) is 0 Å². The Bertz CT molecular complexity index is 433. The Morgan fingerprint density at radius 3 is 3.05 bits per heavy atom. The summed E-state index contributed by atoms with van der Waals surface area (Å²) in [5.41, 5.74) is 1.10. The second-order valence-corrected chi connectivity index (χ2v) is 5.16. The minimum atomic E-state index is 0.210. The van der Waals surface area contributed by atoms with Gasteiger partial charge < -0.3 is 10.2 Å². The molecule has 2 heterocycles. The number of likely N-dealkylation sites (tertiary alicyclic amines) is 1. The molecule has 2 rings (SSSR count). The van der Waals surface area contributed by atoms with E-state index in [1.807, 2.05) is 24.1 Å². The number of pyridine rings is 1. The van der Waals surface area contributed by atoms with Crippen LogP contribution in [0.3, 0.4) is 0 Å². The normalized spacial score (nSPS) is 19.3. The van der Waals surface area contributed by atoms with Crippen molar-refractivity contribution < 1.29 is 4.79 Å². The first kappa shape index (κ1) is 13.8. The molecular weight excluding hydrogens is 238 g/mol. The maximum atomic E-state index is 11.6. The molecule has 1 aromatic heterocycles. The van der Waals surface area contributed by atoms with E-state index in [1.165, 1.54) is 6.42 Å². The van der Waals surface area contributed by atoms with Crippen molar-refractivity contribution >= 4 is 11.7 Å². The summed E-state index contributed by atoms with van der Waals surface area (Å²) in [6.45, 7) is 2.60. The average Bonchev–Trinajstić information content (AvgIpc) is 2.45. The number of amides is 1. The zero-order chi connectivity index (χ0) is 13.7. The van der Waals surface area contributed by atoms with Crippen molar-refractivity contribution in [3.8, 4) is 0 Å². The second-order valence-electron chi connectivity index (χ2n) is 5.16. The first-order valence-corrected chi connectivity index (χ1v) is 7.11. The summed E-state index contributed by atoms with van der Waals surface area (Å²) in [6, 6.07) is 6.44. The van der Waals surface area contributed by atoms with Gasteiger partial charge in [-0.2, -0.15) is 0 Å². The van der Waals surface area contributed by atoms with Crippen molar-refractivity contribution in [3.05, 3.63) is 23.9 Å². The number of rotatable bonds is 4. The number of hydrogen-bond donors (Lipinski definition) is 1. The minimum Gasteiger partial charge on any atom is -0.373 e. The van der Waals surface area contributed by atoms with Crippen molar-refractivity contribution in [3.63, 3.8) is 0 Å². The molecule has 0 bridgehead atoms. The van der Waals surface area contributed by atoms with E-state index in [9.17, 15) is 4.79 Å². The van der Waals surface area contributed by atoms with Gasteiger partial charge in [0.1, 0.15) is 5.82 Å². The second kappa shape index (κ2) is 6.55. The van der Waals surface area contributed by atoms with Crippen molar-refractivity contribution in [1.29, 1.82) is 0 Å². The Hall–Kier alpha value is -1.58. The van der Waals surface area contributed by atoms with E-state index in [-0.39, 0.29) is 5.91 Å². The maximum absolute atomic E-state index is 11.6. The monoisotopic (exact) mass is 261 g/mol. The topological polar surface area (TPSA) is 45.2 Å². The molecule has 19 heavy (non-hydrogen) atoms. The molecule has 1 saturated heterocycles. The quantitative estimate of drug-likeness (QED) is 0.905. The number of aromatic nitrogens is 1. The fourth-order valence-corrected chi connectivity index (χ4v) is 2.79. The standard InChI is InChI=1S/C15H23N3O/c1-12(19)18-11-4-3-7-14(18)10-9-13-6-5-8-15(16-2)17-13/h5-6,8,14H,3-4,7,9-11H2,1-2H3,(H,16,17)/t14-/m0/s1. The van der Waals surface area contributed by atoms with E-state index in [1.54, 1.807) is 6.92 Å². The minimum absolute atomic E-state index is 0.210. The summed E-state index contributed by atoms with van der Waals surface area (Å²) in [5.74, 6) is 1.12. The molecule has 0 unspecified atom stereocenters. The highest BCUT2D eigenvalue weighted by molar-refractivity contribution is 5.73. The number of piperidine rings is 1. The summed E-state index contributed by atoms with van der Waals surface area (Å²) in [5, 5.41) is 3.06. The summed E-state index contributed by atoms with van der Waals surface area (Å²) in [7, 11) is 1.88. The number of carbonyl (C=O) groups excluding carboxylic acids is 1. The largest absolute Gasteiger partial charge is 0.373 e. The Balaban J connectivity index is 1.94. The van der Waals surface area contributed by atoms with Crippen LogP contribution < -0.4 is 5.32 Å².